The van der Waals surface area contributed by atoms with Crippen molar-refractivity contribution in [2.45, 2.75) is 31.5 Å². The largest absolute Gasteiger partial charge is 0.416 e. The SMILES string of the molecule is NC(Cc1cc(C(F)(F)F)ccn1)C1CC1. The molecule has 0 bridgehead atoms. The van der Waals surface area contributed by atoms with Crippen molar-refractivity contribution in [2.24, 2.45) is 11.7 Å². The van der Waals surface area contributed by atoms with Gasteiger partial charge in [-0.25, -0.2) is 0 Å². The van der Waals surface area contributed by atoms with E-state index in [9.17, 15) is 13.2 Å². The predicted octanol–water partition coefficient (Wildman–Crippen LogP) is 2.38. The third kappa shape index (κ3) is 2.72. The van der Waals surface area contributed by atoms with Crippen molar-refractivity contribution in [3.05, 3.63) is 29.6 Å². The highest BCUT2D eigenvalue weighted by Gasteiger charge is 2.32. The van der Waals surface area contributed by atoms with Crippen molar-refractivity contribution >= 4 is 0 Å². The zero-order valence-corrected chi connectivity index (χ0v) is 8.67. The molecule has 1 saturated carbocycles. The Labute approximate surface area is 91.7 Å². The number of pyridine rings is 1. The average Bonchev–Trinajstić information content (AvgIpc) is 2.99. The van der Waals surface area contributed by atoms with Crippen molar-refractivity contribution in [1.82, 2.24) is 4.98 Å². The Kier molecular flexibility index (Phi) is 2.88. The quantitative estimate of drug-likeness (QED) is 0.865. The zero-order valence-electron chi connectivity index (χ0n) is 8.67. The lowest BCUT2D eigenvalue weighted by atomic mass is 10.1. The summed E-state index contributed by atoms with van der Waals surface area (Å²) in [6.45, 7) is 0. The third-order valence-electron chi connectivity index (χ3n) is 2.82. The number of nitrogens with zero attached hydrogens (tertiary/aromatic N) is 1. The topological polar surface area (TPSA) is 38.9 Å². The van der Waals surface area contributed by atoms with E-state index in [1.165, 1.54) is 6.20 Å². The van der Waals surface area contributed by atoms with Gasteiger partial charge in [0.2, 0.25) is 0 Å². The Morgan fingerprint density at radius 1 is 1.44 bits per heavy atom. The molecular weight excluding hydrogens is 217 g/mol. The Morgan fingerprint density at radius 3 is 2.69 bits per heavy atom. The molecule has 5 heteroatoms. The lowest BCUT2D eigenvalue weighted by Gasteiger charge is -2.11. The Balaban J connectivity index is 2.09. The molecule has 16 heavy (non-hydrogen) atoms. The number of alkyl halides is 3. The summed E-state index contributed by atoms with van der Waals surface area (Å²) in [4.78, 5) is 3.92. The Morgan fingerprint density at radius 2 is 2.12 bits per heavy atom. The van der Waals surface area contributed by atoms with Gasteiger partial charge in [-0.3, -0.25) is 4.98 Å². The summed E-state index contributed by atoms with van der Waals surface area (Å²) in [7, 11) is 0. The van der Waals surface area contributed by atoms with Crippen LogP contribution in [0.3, 0.4) is 0 Å². The molecular formula is C11H13F3N2. The van der Waals surface area contributed by atoms with Crippen LogP contribution in [0.25, 0.3) is 0 Å². The van der Waals surface area contributed by atoms with E-state index in [1.807, 2.05) is 0 Å². The van der Waals surface area contributed by atoms with Crippen LogP contribution < -0.4 is 5.73 Å². The summed E-state index contributed by atoms with van der Waals surface area (Å²) in [6.07, 6.45) is -0.520. The molecule has 1 atom stereocenters. The van der Waals surface area contributed by atoms with E-state index in [1.54, 1.807) is 0 Å². The average molecular weight is 230 g/mol. The van der Waals surface area contributed by atoms with E-state index in [0.717, 1.165) is 25.0 Å². The van der Waals surface area contributed by atoms with Gasteiger partial charge in [0.15, 0.2) is 0 Å². The second-order valence-electron chi connectivity index (χ2n) is 4.24. The molecule has 0 amide bonds. The fourth-order valence-corrected chi connectivity index (χ4v) is 1.70. The van der Waals surface area contributed by atoms with Gasteiger partial charge in [-0.1, -0.05) is 0 Å². The van der Waals surface area contributed by atoms with Crippen LogP contribution in [0, 0.1) is 5.92 Å². The van der Waals surface area contributed by atoms with E-state index in [2.05, 4.69) is 4.98 Å². The van der Waals surface area contributed by atoms with Gasteiger partial charge in [0.05, 0.1) is 5.56 Å². The number of aromatic nitrogens is 1. The molecule has 2 rings (SSSR count). The number of hydrogen-bond acceptors (Lipinski definition) is 2. The minimum Gasteiger partial charge on any atom is -0.327 e. The van der Waals surface area contributed by atoms with Gasteiger partial charge in [-0.05, 0) is 30.9 Å². The fourth-order valence-electron chi connectivity index (χ4n) is 1.70. The van der Waals surface area contributed by atoms with Crippen molar-refractivity contribution < 1.29 is 13.2 Å². The molecule has 0 radical (unpaired) electrons. The molecule has 0 aromatic carbocycles. The Bertz CT molecular complexity index is 372. The number of nitrogens with two attached hydrogens (primary N) is 1. The molecule has 1 fully saturated rings. The summed E-state index contributed by atoms with van der Waals surface area (Å²) < 4.78 is 37.3. The molecule has 0 spiro atoms. The van der Waals surface area contributed by atoms with E-state index in [0.29, 0.717) is 18.0 Å². The van der Waals surface area contributed by atoms with Gasteiger partial charge in [0.1, 0.15) is 0 Å². The van der Waals surface area contributed by atoms with Crippen LogP contribution in [0.15, 0.2) is 18.3 Å². The molecule has 1 unspecified atom stereocenters. The zero-order chi connectivity index (χ0) is 11.8. The van der Waals surface area contributed by atoms with Gasteiger partial charge < -0.3 is 5.73 Å². The first-order valence-corrected chi connectivity index (χ1v) is 5.24. The first kappa shape index (κ1) is 11.4. The van der Waals surface area contributed by atoms with Crippen LogP contribution >= 0.6 is 0 Å². The van der Waals surface area contributed by atoms with Crippen LogP contribution in [0.2, 0.25) is 0 Å². The molecule has 1 aromatic rings. The van der Waals surface area contributed by atoms with Crippen LogP contribution in [0.4, 0.5) is 13.2 Å². The molecule has 1 aromatic heterocycles. The fraction of sp³-hybridized carbons (Fsp3) is 0.545. The molecule has 88 valence electrons. The van der Waals surface area contributed by atoms with Crippen LogP contribution in [-0.2, 0) is 12.6 Å². The van der Waals surface area contributed by atoms with Crippen LogP contribution in [0.5, 0.6) is 0 Å². The van der Waals surface area contributed by atoms with Crippen LogP contribution in [0.1, 0.15) is 24.1 Å². The monoisotopic (exact) mass is 230 g/mol. The maximum atomic E-state index is 12.4. The number of rotatable bonds is 3. The van der Waals surface area contributed by atoms with Crippen molar-refractivity contribution in [3.8, 4) is 0 Å². The molecule has 2 N–H and O–H groups in total. The van der Waals surface area contributed by atoms with Crippen molar-refractivity contribution in [2.75, 3.05) is 0 Å². The molecule has 2 nitrogen and oxygen atoms in total. The maximum absolute atomic E-state index is 12.4. The number of halogens is 3. The van der Waals surface area contributed by atoms with Crippen LogP contribution in [-0.4, -0.2) is 11.0 Å². The molecule has 1 heterocycles. The van der Waals surface area contributed by atoms with Crippen molar-refractivity contribution in [3.63, 3.8) is 0 Å². The summed E-state index contributed by atoms with van der Waals surface area (Å²) in [5.41, 5.74) is 5.62. The summed E-state index contributed by atoms with van der Waals surface area (Å²) in [5.74, 6) is 0.469. The first-order valence-electron chi connectivity index (χ1n) is 5.24. The third-order valence-corrected chi connectivity index (χ3v) is 2.82. The standard InChI is InChI=1S/C11H13F3N2/c12-11(13,14)8-3-4-16-9(5-8)6-10(15)7-1-2-7/h3-5,7,10H,1-2,6,15H2. The van der Waals surface area contributed by atoms with Gasteiger partial charge in [0, 0.05) is 24.4 Å². The highest BCUT2D eigenvalue weighted by Crippen LogP contribution is 2.33. The minimum absolute atomic E-state index is 0.0593. The lowest BCUT2D eigenvalue weighted by Crippen LogP contribution is -2.25. The smallest absolute Gasteiger partial charge is 0.327 e. The first-order chi connectivity index (χ1) is 7.47. The maximum Gasteiger partial charge on any atom is 0.416 e. The number of hydrogen-bond donors (Lipinski definition) is 1. The molecule has 0 aliphatic heterocycles. The van der Waals surface area contributed by atoms with E-state index in [4.69, 9.17) is 5.73 Å². The van der Waals surface area contributed by atoms with Gasteiger partial charge in [-0.15, -0.1) is 0 Å². The highest BCUT2D eigenvalue weighted by atomic mass is 19.4. The van der Waals surface area contributed by atoms with E-state index >= 15 is 0 Å². The second kappa shape index (κ2) is 4.05. The van der Waals surface area contributed by atoms with E-state index in [-0.39, 0.29) is 6.04 Å². The van der Waals surface area contributed by atoms with Gasteiger partial charge in [0.25, 0.3) is 0 Å². The van der Waals surface area contributed by atoms with Gasteiger partial charge in [-0.2, -0.15) is 13.2 Å². The summed E-state index contributed by atoms with van der Waals surface area (Å²) in [6, 6.07) is 2.00. The highest BCUT2D eigenvalue weighted by molar-refractivity contribution is 5.20. The summed E-state index contributed by atoms with van der Waals surface area (Å²) >= 11 is 0. The minimum atomic E-state index is -4.30. The predicted molar refractivity (Wildman–Crippen MR) is 53.6 cm³/mol. The van der Waals surface area contributed by atoms with E-state index < -0.39 is 11.7 Å². The molecule has 1 aliphatic carbocycles. The second-order valence-corrected chi connectivity index (χ2v) is 4.24. The van der Waals surface area contributed by atoms with Gasteiger partial charge >= 0.3 is 6.18 Å². The van der Waals surface area contributed by atoms with Crippen molar-refractivity contribution in [1.29, 1.82) is 0 Å². The lowest BCUT2D eigenvalue weighted by molar-refractivity contribution is -0.137. The Hall–Kier alpha value is -1.10. The molecule has 1 aliphatic rings. The normalized spacial score (nSPS) is 18.5. The molecule has 0 saturated heterocycles. The summed E-state index contributed by atoms with van der Waals surface area (Å²) in [5, 5.41) is 0.